The predicted molar refractivity (Wildman–Crippen MR) is 67.5 cm³/mol. The number of nitrogens with zero attached hydrogens (tertiary/aromatic N) is 3. The van der Waals surface area contributed by atoms with Crippen molar-refractivity contribution in [1.82, 2.24) is 20.1 Å². The molecular weight excluding hydrogens is 231 g/mol. The van der Waals surface area contributed by atoms with Crippen LogP contribution in [0.4, 0.5) is 4.39 Å². The van der Waals surface area contributed by atoms with E-state index in [2.05, 4.69) is 15.4 Å². The minimum absolute atomic E-state index is 0.128. The quantitative estimate of drug-likeness (QED) is 0.797. The Kier molecular flexibility index (Phi) is 4.41. The molecule has 0 aliphatic rings. The van der Waals surface area contributed by atoms with Gasteiger partial charge in [0, 0.05) is 25.0 Å². The van der Waals surface area contributed by atoms with Gasteiger partial charge in [0.15, 0.2) is 0 Å². The van der Waals surface area contributed by atoms with Crippen molar-refractivity contribution >= 4 is 0 Å². The van der Waals surface area contributed by atoms with Gasteiger partial charge in [0.1, 0.15) is 5.82 Å². The van der Waals surface area contributed by atoms with E-state index in [4.69, 9.17) is 0 Å². The summed E-state index contributed by atoms with van der Waals surface area (Å²) in [5.41, 5.74) is 0.857. The van der Waals surface area contributed by atoms with Crippen molar-refractivity contribution in [3.63, 3.8) is 0 Å². The minimum Gasteiger partial charge on any atom is -0.309 e. The zero-order valence-corrected chi connectivity index (χ0v) is 10.4. The molecule has 2 aromatic heterocycles. The van der Waals surface area contributed by atoms with E-state index in [-0.39, 0.29) is 11.9 Å². The predicted octanol–water partition coefficient (Wildman–Crippen LogP) is 2.16. The highest BCUT2D eigenvalue weighted by Crippen LogP contribution is 2.09. The fraction of sp³-hybridized carbons (Fsp3) is 0.385. The Balaban J connectivity index is 1.71. The number of rotatable bonds is 6. The maximum Gasteiger partial charge on any atom is 0.141 e. The molecule has 1 N–H and O–H groups in total. The van der Waals surface area contributed by atoms with Crippen LogP contribution in [0, 0.1) is 5.82 Å². The van der Waals surface area contributed by atoms with Crippen molar-refractivity contribution in [3.05, 3.63) is 48.3 Å². The molecule has 0 spiro atoms. The van der Waals surface area contributed by atoms with Gasteiger partial charge in [0.2, 0.25) is 0 Å². The van der Waals surface area contributed by atoms with Gasteiger partial charge in [-0.05, 0) is 38.1 Å². The molecule has 0 radical (unpaired) electrons. The first kappa shape index (κ1) is 12.7. The van der Waals surface area contributed by atoms with Gasteiger partial charge in [-0.2, -0.15) is 5.10 Å². The lowest BCUT2D eigenvalue weighted by atomic mass is 10.2. The van der Waals surface area contributed by atoms with Crippen LogP contribution >= 0.6 is 0 Å². The van der Waals surface area contributed by atoms with Gasteiger partial charge >= 0.3 is 0 Å². The Labute approximate surface area is 106 Å². The van der Waals surface area contributed by atoms with Gasteiger partial charge in [-0.25, -0.2) is 4.39 Å². The number of nitrogens with one attached hydrogen (secondary N) is 1. The normalized spacial score (nSPS) is 12.6. The Bertz CT molecular complexity index is 452. The van der Waals surface area contributed by atoms with Crippen LogP contribution in [0.3, 0.4) is 0 Å². The van der Waals surface area contributed by atoms with Gasteiger partial charge in [0.05, 0.1) is 11.9 Å². The van der Waals surface area contributed by atoms with E-state index in [0.29, 0.717) is 0 Å². The fourth-order valence-electron chi connectivity index (χ4n) is 1.74. The fourth-order valence-corrected chi connectivity index (χ4v) is 1.74. The van der Waals surface area contributed by atoms with Crippen LogP contribution in [-0.4, -0.2) is 21.3 Å². The second-order valence-electron chi connectivity index (χ2n) is 4.20. The van der Waals surface area contributed by atoms with Gasteiger partial charge < -0.3 is 5.32 Å². The molecule has 18 heavy (non-hydrogen) atoms. The van der Waals surface area contributed by atoms with Crippen molar-refractivity contribution in [2.45, 2.75) is 25.9 Å². The van der Waals surface area contributed by atoms with E-state index >= 15 is 0 Å². The average Bonchev–Trinajstić information content (AvgIpc) is 2.88. The standard InChI is InChI=1S/C13H17FN4/c1-11(13-5-4-12(14)10-16-13)15-6-2-8-18-9-3-7-17-18/h3-5,7,9-11,15H,2,6,8H2,1H3. The molecule has 0 aliphatic carbocycles. The average molecular weight is 248 g/mol. The third kappa shape index (κ3) is 3.63. The van der Waals surface area contributed by atoms with Crippen LogP contribution in [0.2, 0.25) is 0 Å². The van der Waals surface area contributed by atoms with Gasteiger partial charge in [-0.3, -0.25) is 9.67 Å². The van der Waals surface area contributed by atoms with E-state index in [9.17, 15) is 4.39 Å². The second-order valence-corrected chi connectivity index (χ2v) is 4.20. The molecular formula is C13H17FN4. The highest BCUT2D eigenvalue weighted by atomic mass is 19.1. The zero-order valence-electron chi connectivity index (χ0n) is 10.4. The summed E-state index contributed by atoms with van der Waals surface area (Å²) in [5, 5.41) is 7.49. The maximum atomic E-state index is 12.7. The summed E-state index contributed by atoms with van der Waals surface area (Å²) in [7, 11) is 0. The number of pyridine rings is 1. The lowest BCUT2D eigenvalue weighted by molar-refractivity contribution is 0.500. The lowest BCUT2D eigenvalue weighted by Gasteiger charge is -2.13. The Morgan fingerprint density at radius 2 is 2.33 bits per heavy atom. The van der Waals surface area contributed by atoms with Crippen molar-refractivity contribution in [3.8, 4) is 0 Å². The molecule has 0 bridgehead atoms. The molecule has 2 heterocycles. The van der Waals surface area contributed by atoms with Crippen LogP contribution in [0.5, 0.6) is 0 Å². The molecule has 0 saturated carbocycles. The maximum absolute atomic E-state index is 12.7. The molecule has 96 valence electrons. The largest absolute Gasteiger partial charge is 0.309 e. The second kappa shape index (κ2) is 6.26. The Morgan fingerprint density at radius 3 is 3.00 bits per heavy atom. The van der Waals surface area contributed by atoms with Crippen molar-refractivity contribution < 1.29 is 4.39 Å². The molecule has 1 unspecified atom stereocenters. The lowest BCUT2D eigenvalue weighted by Crippen LogP contribution is -2.21. The summed E-state index contributed by atoms with van der Waals surface area (Å²) in [4.78, 5) is 4.05. The molecule has 4 nitrogen and oxygen atoms in total. The van der Waals surface area contributed by atoms with Gasteiger partial charge in [-0.1, -0.05) is 0 Å². The Hall–Kier alpha value is -1.75. The number of halogens is 1. The van der Waals surface area contributed by atoms with Crippen molar-refractivity contribution in [2.75, 3.05) is 6.54 Å². The van der Waals surface area contributed by atoms with Crippen LogP contribution in [0.15, 0.2) is 36.8 Å². The van der Waals surface area contributed by atoms with Crippen LogP contribution in [-0.2, 0) is 6.54 Å². The first-order valence-corrected chi connectivity index (χ1v) is 6.08. The van der Waals surface area contributed by atoms with Crippen LogP contribution < -0.4 is 5.32 Å². The van der Waals surface area contributed by atoms with E-state index in [0.717, 1.165) is 25.2 Å². The topological polar surface area (TPSA) is 42.7 Å². The molecule has 5 heteroatoms. The molecule has 0 amide bonds. The molecule has 0 aromatic carbocycles. The van der Waals surface area contributed by atoms with Gasteiger partial charge in [0.25, 0.3) is 0 Å². The molecule has 2 rings (SSSR count). The SMILES string of the molecule is CC(NCCCn1cccn1)c1ccc(F)cn1. The summed E-state index contributed by atoms with van der Waals surface area (Å²) in [5.74, 6) is -0.301. The number of hydrogen-bond acceptors (Lipinski definition) is 3. The molecule has 1 atom stereocenters. The van der Waals surface area contributed by atoms with Crippen molar-refractivity contribution in [2.24, 2.45) is 0 Å². The highest BCUT2D eigenvalue weighted by Gasteiger charge is 2.05. The molecule has 0 fully saturated rings. The summed E-state index contributed by atoms with van der Waals surface area (Å²) in [6, 6.07) is 5.19. The van der Waals surface area contributed by atoms with E-state index < -0.39 is 0 Å². The summed E-state index contributed by atoms with van der Waals surface area (Å²) < 4.78 is 14.6. The molecule has 0 aliphatic heterocycles. The summed E-state index contributed by atoms with van der Waals surface area (Å²) >= 11 is 0. The minimum atomic E-state index is -0.301. The summed E-state index contributed by atoms with van der Waals surface area (Å²) in [6.07, 6.45) is 5.97. The van der Waals surface area contributed by atoms with E-state index in [1.807, 2.05) is 23.9 Å². The number of hydrogen-bond donors (Lipinski definition) is 1. The third-order valence-corrected chi connectivity index (χ3v) is 2.77. The summed E-state index contributed by atoms with van der Waals surface area (Å²) in [6.45, 7) is 3.79. The zero-order chi connectivity index (χ0) is 12.8. The van der Waals surface area contributed by atoms with Crippen LogP contribution in [0.1, 0.15) is 25.1 Å². The molecule has 2 aromatic rings. The van der Waals surface area contributed by atoms with E-state index in [1.165, 1.54) is 12.3 Å². The Morgan fingerprint density at radius 1 is 1.44 bits per heavy atom. The monoisotopic (exact) mass is 248 g/mol. The molecule has 0 saturated heterocycles. The first-order chi connectivity index (χ1) is 8.75. The first-order valence-electron chi connectivity index (χ1n) is 6.08. The van der Waals surface area contributed by atoms with Gasteiger partial charge in [-0.15, -0.1) is 0 Å². The van der Waals surface area contributed by atoms with Crippen LogP contribution in [0.25, 0.3) is 0 Å². The van der Waals surface area contributed by atoms with E-state index in [1.54, 1.807) is 12.3 Å². The highest BCUT2D eigenvalue weighted by molar-refractivity contribution is 5.08. The number of aryl methyl sites for hydroxylation is 1. The number of aromatic nitrogens is 3. The van der Waals surface area contributed by atoms with Crippen molar-refractivity contribution in [1.29, 1.82) is 0 Å². The third-order valence-electron chi connectivity index (χ3n) is 2.77. The smallest absolute Gasteiger partial charge is 0.141 e.